The van der Waals surface area contributed by atoms with Gasteiger partial charge in [0.2, 0.25) is 0 Å². The van der Waals surface area contributed by atoms with Gasteiger partial charge >= 0.3 is 0 Å². The molecule has 2 spiro atoms. The normalized spacial score (nSPS) is 54.6. The Balaban J connectivity index is 1.44. The number of hydrogen-bond acceptors (Lipinski definition) is 3. The summed E-state index contributed by atoms with van der Waals surface area (Å²) in [5.41, 5.74) is 5.33. The van der Waals surface area contributed by atoms with Gasteiger partial charge in [-0.1, -0.05) is 44.9 Å². The summed E-state index contributed by atoms with van der Waals surface area (Å²) < 4.78 is 13.7. The van der Waals surface area contributed by atoms with Gasteiger partial charge in [-0.2, -0.15) is 0 Å². The van der Waals surface area contributed by atoms with Gasteiger partial charge < -0.3 is 14.6 Å². The van der Waals surface area contributed by atoms with Crippen molar-refractivity contribution in [1.82, 2.24) is 0 Å². The Hall–Kier alpha value is -0.640. The minimum absolute atomic E-state index is 0.0113. The van der Waals surface area contributed by atoms with Gasteiger partial charge in [0.1, 0.15) is 0 Å². The third-order valence-electron chi connectivity index (χ3n) is 13.0. The number of rotatable bonds is 1. The zero-order chi connectivity index (χ0) is 25.0. The van der Waals surface area contributed by atoms with Crippen molar-refractivity contribution in [2.45, 2.75) is 118 Å². The highest BCUT2D eigenvalue weighted by Crippen LogP contribution is 2.79. The summed E-state index contributed by atoms with van der Waals surface area (Å²) in [5.74, 6) is 1.97. The predicted molar refractivity (Wildman–Crippen MR) is 141 cm³/mol. The van der Waals surface area contributed by atoms with E-state index in [9.17, 15) is 5.11 Å². The van der Waals surface area contributed by atoms with E-state index in [1.54, 1.807) is 11.1 Å². The first kappa shape index (κ1) is 24.7. The van der Waals surface area contributed by atoms with Crippen molar-refractivity contribution in [2.75, 3.05) is 13.2 Å². The molecule has 9 atom stereocenters. The molecule has 5 fully saturated rings. The van der Waals surface area contributed by atoms with E-state index in [1.807, 2.05) is 0 Å². The van der Waals surface area contributed by atoms with Gasteiger partial charge in [-0.3, -0.25) is 0 Å². The van der Waals surface area contributed by atoms with Crippen LogP contribution in [0.5, 0.6) is 0 Å². The van der Waals surface area contributed by atoms with E-state index >= 15 is 0 Å². The lowest BCUT2D eigenvalue weighted by Crippen LogP contribution is -2.65. The van der Waals surface area contributed by atoms with Crippen LogP contribution in [-0.2, 0) is 9.47 Å². The molecule has 0 aromatic rings. The van der Waals surface area contributed by atoms with Gasteiger partial charge in [0.15, 0.2) is 5.79 Å². The smallest absolute Gasteiger partial charge is 0.175 e. The molecule has 4 saturated carbocycles. The molecule has 0 amide bonds. The maximum absolute atomic E-state index is 11.0. The van der Waals surface area contributed by atoms with Gasteiger partial charge in [0, 0.05) is 17.8 Å². The van der Waals surface area contributed by atoms with E-state index in [1.165, 1.54) is 37.7 Å². The number of hydrogen-bond donors (Lipinski definition) is 1. The van der Waals surface area contributed by atoms with Gasteiger partial charge in [-0.15, -0.1) is 0 Å². The average molecular weight is 483 g/mol. The summed E-state index contributed by atoms with van der Waals surface area (Å²) in [7, 11) is 0. The third-order valence-corrected chi connectivity index (χ3v) is 13.0. The second-order valence-electron chi connectivity index (χ2n) is 14.9. The molecule has 2 bridgehead atoms. The minimum atomic E-state index is -0.409. The summed E-state index contributed by atoms with van der Waals surface area (Å²) in [4.78, 5) is 0. The molecule has 3 nitrogen and oxygen atoms in total. The van der Waals surface area contributed by atoms with E-state index in [0.29, 0.717) is 29.1 Å². The molecule has 0 aromatic carbocycles. The molecule has 4 aliphatic carbocycles. The van der Waals surface area contributed by atoms with Gasteiger partial charge in [-0.25, -0.2) is 0 Å². The summed E-state index contributed by atoms with van der Waals surface area (Å²) in [6.45, 7) is 18.6. The lowest BCUT2D eigenvalue weighted by atomic mass is 9.35. The van der Waals surface area contributed by atoms with Crippen molar-refractivity contribution in [1.29, 1.82) is 0 Å². The second-order valence-corrected chi connectivity index (χ2v) is 14.9. The Kier molecular flexibility index (Phi) is 5.43. The summed E-state index contributed by atoms with van der Waals surface area (Å²) in [5, 5.41) is 11.0. The average Bonchev–Trinajstić information content (AvgIpc) is 3.30. The first-order valence-electron chi connectivity index (χ1n) is 14.7. The van der Waals surface area contributed by atoms with Crippen LogP contribution in [0.4, 0.5) is 0 Å². The zero-order valence-electron chi connectivity index (χ0n) is 23.5. The summed E-state index contributed by atoms with van der Waals surface area (Å²) >= 11 is 0. The van der Waals surface area contributed by atoms with Crippen LogP contribution in [0, 0.1) is 45.3 Å². The van der Waals surface area contributed by atoms with Crippen LogP contribution in [0.2, 0.25) is 0 Å². The van der Waals surface area contributed by atoms with Crippen LogP contribution in [0.15, 0.2) is 22.8 Å². The quantitative estimate of drug-likeness (QED) is 0.422. The van der Waals surface area contributed by atoms with E-state index in [-0.39, 0.29) is 22.3 Å². The Morgan fingerprint density at radius 3 is 2.49 bits per heavy atom. The number of ether oxygens (including phenoxy) is 2. The van der Waals surface area contributed by atoms with Crippen molar-refractivity contribution in [3.05, 3.63) is 22.8 Å². The number of aliphatic hydroxyl groups is 1. The van der Waals surface area contributed by atoms with E-state index < -0.39 is 5.79 Å². The molecule has 2 heterocycles. The van der Waals surface area contributed by atoms with Crippen LogP contribution in [0.1, 0.15) is 106 Å². The molecule has 196 valence electrons. The second kappa shape index (κ2) is 7.70. The lowest BCUT2D eigenvalue weighted by Gasteiger charge is -2.70. The van der Waals surface area contributed by atoms with Crippen molar-refractivity contribution >= 4 is 0 Å². The Morgan fingerprint density at radius 1 is 0.971 bits per heavy atom. The molecular formula is C32H50O3. The van der Waals surface area contributed by atoms with Crippen LogP contribution in [0.25, 0.3) is 0 Å². The van der Waals surface area contributed by atoms with E-state index in [4.69, 9.17) is 9.47 Å². The highest BCUT2D eigenvalue weighted by Gasteiger charge is 2.78. The van der Waals surface area contributed by atoms with Crippen LogP contribution >= 0.6 is 0 Å². The van der Waals surface area contributed by atoms with Crippen molar-refractivity contribution in [2.24, 2.45) is 45.3 Å². The highest BCUT2D eigenvalue weighted by atomic mass is 16.7. The summed E-state index contributed by atoms with van der Waals surface area (Å²) in [6.07, 6.45) is 12.9. The number of allylic oxidation sites excluding steroid dienone is 3. The molecule has 1 saturated heterocycles. The van der Waals surface area contributed by atoms with Crippen LogP contribution in [-0.4, -0.2) is 30.2 Å². The molecule has 3 heteroatoms. The monoisotopic (exact) mass is 482 g/mol. The molecule has 0 radical (unpaired) electrons. The molecule has 6 unspecified atom stereocenters. The molecule has 2 aliphatic heterocycles. The standard InChI is InChI=1S/C32H50O3/c1-20(2)17-22-9-8-16-34-32-18-31(19-35-32)23(27(32)21(22)3)10-11-25-29(6)14-13-26(33)28(4,5)24(29)12-15-30(25,31)7/h17,23-27,33H,8-16,18-19H2,1-7H3/b22-21+/t23?,24?,25?,26?,27?,29-,30+,31?,32+/m0/s1. The van der Waals surface area contributed by atoms with Crippen LogP contribution in [0.3, 0.4) is 0 Å². The zero-order valence-corrected chi connectivity index (χ0v) is 23.5. The molecule has 35 heavy (non-hydrogen) atoms. The Bertz CT molecular complexity index is 958. The van der Waals surface area contributed by atoms with E-state index in [0.717, 1.165) is 38.9 Å². The van der Waals surface area contributed by atoms with Crippen molar-refractivity contribution in [3.8, 4) is 0 Å². The predicted octanol–water partition coefficient (Wildman–Crippen LogP) is 7.44. The van der Waals surface area contributed by atoms with Crippen LogP contribution < -0.4 is 0 Å². The molecule has 6 rings (SSSR count). The first-order chi connectivity index (χ1) is 16.4. The lowest BCUT2D eigenvalue weighted by molar-refractivity contribution is -0.271. The maximum atomic E-state index is 11.0. The Labute approximate surface area is 214 Å². The van der Waals surface area contributed by atoms with Crippen molar-refractivity contribution < 1.29 is 14.6 Å². The number of fused-ring (bicyclic) bond motifs is 4. The van der Waals surface area contributed by atoms with Gasteiger partial charge in [0.25, 0.3) is 0 Å². The molecule has 6 aliphatic rings. The third kappa shape index (κ3) is 3.01. The van der Waals surface area contributed by atoms with Gasteiger partial charge in [0.05, 0.1) is 19.3 Å². The van der Waals surface area contributed by atoms with E-state index in [2.05, 4.69) is 54.5 Å². The fraction of sp³-hybridized carbons (Fsp3) is 0.875. The largest absolute Gasteiger partial charge is 0.393 e. The van der Waals surface area contributed by atoms with Crippen molar-refractivity contribution in [3.63, 3.8) is 0 Å². The first-order valence-corrected chi connectivity index (χ1v) is 14.7. The fourth-order valence-corrected chi connectivity index (χ4v) is 11.5. The topological polar surface area (TPSA) is 38.7 Å². The minimum Gasteiger partial charge on any atom is -0.393 e. The fourth-order valence-electron chi connectivity index (χ4n) is 11.5. The summed E-state index contributed by atoms with van der Waals surface area (Å²) in [6, 6.07) is 0. The highest BCUT2D eigenvalue weighted by molar-refractivity contribution is 5.35. The SMILES string of the molecule is CC(C)=C/C1=C(\C)C2C3CCC4[C@@]5(C)CCC(O)C(C)(C)C5CC[C@@]4(C)C34CO[C@@]2(C4)OCCC1. The molecule has 0 aromatic heterocycles. The maximum Gasteiger partial charge on any atom is 0.175 e. The van der Waals surface area contributed by atoms with Gasteiger partial charge in [-0.05, 0) is 112 Å². The molecular weight excluding hydrogens is 432 g/mol. The number of aliphatic hydroxyl groups excluding tert-OH is 1. The Morgan fingerprint density at radius 2 is 1.74 bits per heavy atom. The molecule has 1 N–H and O–H groups in total.